The highest BCUT2D eigenvalue weighted by atomic mass is 32.1. The first kappa shape index (κ1) is 14.7. The standard InChI is InChI=1S/C14H19N3O2S/c1-3-15-10(2)12-9-20-14(16-12)17-13(18)7-6-11-5-4-8-19-11/h4-5,8-10,15H,3,6-7H2,1-2H3,(H,16,17,18). The van der Waals surface area contributed by atoms with Gasteiger partial charge in [0.05, 0.1) is 12.0 Å². The van der Waals surface area contributed by atoms with Crippen molar-refractivity contribution >= 4 is 22.4 Å². The summed E-state index contributed by atoms with van der Waals surface area (Å²) in [5.41, 5.74) is 0.957. The molecular formula is C14H19N3O2S. The number of furan rings is 1. The van der Waals surface area contributed by atoms with Crippen LogP contribution in [0.2, 0.25) is 0 Å². The van der Waals surface area contributed by atoms with Gasteiger partial charge < -0.3 is 15.1 Å². The highest BCUT2D eigenvalue weighted by Crippen LogP contribution is 2.20. The minimum Gasteiger partial charge on any atom is -0.469 e. The first-order valence-electron chi connectivity index (χ1n) is 6.70. The molecule has 0 radical (unpaired) electrons. The molecule has 0 aliphatic carbocycles. The van der Waals surface area contributed by atoms with Crippen LogP contribution in [0.1, 0.15) is 37.8 Å². The Morgan fingerprint density at radius 1 is 1.55 bits per heavy atom. The fourth-order valence-electron chi connectivity index (χ4n) is 1.83. The Labute approximate surface area is 122 Å². The maximum atomic E-state index is 11.8. The lowest BCUT2D eigenvalue weighted by Crippen LogP contribution is -2.18. The smallest absolute Gasteiger partial charge is 0.226 e. The summed E-state index contributed by atoms with van der Waals surface area (Å²) in [6, 6.07) is 3.89. The van der Waals surface area contributed by atoms with Gasteiger partial charge in [-0.25, -0.2) is 4.98 Å². The first-order chi connectivity index (χ1) is 9.69. The van der Waals surface area contributed by atoms with Gasteiger partial charge in [0.2, 0.25) is 5.91 Å². The Bertz CT molecular complexity index is 536. The molecule has 0 aliphatic rings. The van der Waals surface area contributed by atoms with Crippen molar-refractivity contribution in [2.45, 2.75) is 32.7 Å². The number of nitrogens with zero attached hydrogens (tertiary/aromatic N) is 1. The number of hydrogen-bond acceptors (Lipinski definition) is 5. The number of nitrogens with one attached hydrogen (secondary N) is 2. The molecule has 0 bridgehead atoms. The molecule has 0 saturated carbocycles. The largest absolute Gasteiger partial charge is 0.469 e. The predicted molar refractivity (Wildman–Crippen MR) is 79.9 cm³/mol. The lowest BCUT2D eigenvalue weighted by Gasteiger charge is -2.08. The molecule has 0 saturated heterocycles. The van der Waals surface area contributed by atoms with Crippen molar-refractivity contribution in [3.8, 4) is 0 Å². The SMILES string of the molecule is CCNC(C)c1csc(NC(=O)CCc2ccco2)n1. The molecule has 1 amide bonds. The minimum atomic E-state index is -0.0431. The molecule has 108 valence electrons. The normalized spacial score (nSPS) is 12.3. The van der Waals surface area contributed by atoms with Crippen LogP contribution in [0.5, 0.6) is 0 Å². The van der Waals surface area contributed by atoms with Crippen molar-refractivity contribution in [3.63, 3.8) is 0 Å². The van der Waals surface area contributed by atoms with Crippen LogP contribution >= 0.6 is 11.3 Å². The second kappa shape index (κ2) is 7.21. The number of aryl methyl sites for hydroxylation is 1. The average molecular weight is 293 g/mol. The van der Waals surface area contributed by atoms with E-state index in [9.17, 15) is 4.79 Å². The third-order valence-electron chi connectivity index (χ3n) is 2.90. The van der Waals surface area contributed by atoms with Gasteiger partial charge in [0, 0.05) is 24.3 Å². The maximum absolute atomic E-state index is 11.8. The van der Waals surface area contributed by atoms with Gasteiger partial charge in [-0.3, -0.25) is 4.79 Å². The van der Waals surface area contributed by atoms with Gasteiger partial charge in [0.25, 0.3) is 0 Å². The van der Waals surface area contributed by atoms with Gasteiger partial charge in [-0.1, -0.05) is 6.92 Å². The molecule has 20 heavy (non-hydrogen) atoms. The fraction of sp³-hybridized carbons (Fsp3) is 0.429. The third-order valence-corrected chi connectivity index (χ3v) is 3.68. The zero-order valence-electron chi connectivity index (χ0n) is 11.7. The number of carbonyl (C=O) groups is 1. The van der Waals surface area contributed by atoms with Gasteiger partial charge in [0.1, 0.15) is 5.76 Å². The van der Waals surface area contributed by atoms with Gasteiger partial charge in [-0.15, -0.1) is 11.3 Å². The minimum absolute atomic E-state index is 0.0431. The molecule has 0 spiro atoms. The fourth-order valence-corrected chi connectivity index (χ4v) is 2.65. The van der Waals surface area contributed by atoms with Crippen LogP contribution in [0, 0.1) is 0 Å². The molecule has 2 N–H and O–H groups in total. The van der Waals surface area contributed by atoms with Crippen LogP contribution in [0.3, 0.4) is 0 Å². The van der Waals surface area contributed by atoms with Crippen molar-refractivity contribution < 1.29 is 9.21 Å². The zero-order valence-corrected chi connectivity index (χ0v) is 12.5. The molecule has 2 aromatic rings. The molecule has 0 aliphatic heterocycles. The van der Waals surface area contributed by atoms with E-state index in [-0.39, 0.29) is 11.9 Å². The molecule has 1 unspecified atom stereocenters. The molecule has 0 aromatic carbocycles. The second-order valence-corrected chi connectivity index (χ2v) is 5.34. The number of amides is 1. The van der Waals surface area contributed by atoms with Crippen LogP contribution in [0.25, 0.3) is 0 Å². The predicted octanol–water partition coefficient (Wildman–Crippen LogP) is 2.98. The Morgan fingerprint density at radius 3 is 3.10 bits per heavy atom. The lowest BCUT2D eigenvalue weighted by molar-refractivity contribution is -0.116. The first-order valence-corrected chi connectivity index (χ1v) is 7.58. The number of hydrogen-bond donors (Lipinski definition) is 2. The summed E-state index contributed by atoms with van der Waals surface area (Å²) in [5.74, 6) is 0.777. The quantitative estimate of drug-likeness (QED) is 0.823. The van der Waals surface area contributed by atoms with E-state index in [1.807, 2.05) is 17.5 Å². The van der Waals surface area contributed by atoms with E-state index in [0.29, 0.717) is 18.0 Å². The highest BCUT2D eigenvalue weighted by Gasteiger charge is 2.11. The van der Waals surface area contributed by atoms with Gasteiger partial charge >= 0.3 is 0 Å². The molecule has 2 rings (SSSR count). The van der Waals surface area contributed by atoms with Crippen molar-refractivity contribution in [2.75, 3.05) is 11.9 Å². The molecule has 2 heterocycles. The molecular weight excluding hydrogens is 274 g/mol. The molecule has 0 fully saturated rings. The Balaban J connectivity index is 1.82. The van der Waals surface area contributed by atoms with Crippen molar-refractivity contribution in [1.82, 2.24) is 10.3 Å². The molecule has 5 nitrogen and oxygen atoms in total. The summed E-state index contributed by atoms with van der Waals surface area (Å²) in [6.45, 7) is 5.00. The van der Waals surface area contributed by atoms with E-state index in [4.69, 9.17) is 4.42 Å². The third kappa shape index (κ3) is 4.18. The van der Waals surface area contributed by atoms with Crippen LogP contribution < -0.4 is 10.6 Å². The number of rotatable bonds is 7. The lowest BCUT2D eigenvalue weighted by atomic mass is 10.2. The van der Waals surface area contributed by atoms with Gasteiger partial charge in [-0.05, 0) is 25.6 Å². The summed E-state index contributed by atoms with van der Waals surface area (Å²) < 4.78 is 5.20. The Morgan fingerprint density at radius 2 is 2.40 bits per heavy atom. The topological polar surface area (TPSA) is 67.2 Å². The van der Waals surface area contributed by atoms with E-state index in [1.165, 1.54) is 11.3 Å². The van der Waals surface area contributed by atoms with Crippen molar-refractivity contribution in [3.05, 3.63) is 35.2 Å². The van der Waals surface area contributed by atoms with Crippen molar-refractivity contribution in [2.24, 2.45) is 0 Å². The van der Waals surface area contributed by atoms with Crippen LogP contribution in [0.15, 0.2) is 28.2 Å². The zero-order chi connectivity index (χ0) is 14.4. The number of carbonyl (C=O) groups excluding carboxylic acids is 1. The van der Waals surface area contributed by atoms with E-state index in [0.717, 1.165) is 18.0 Å². The summed E-state index contributed by atoms with van der Waals surface area (Å²) in [5, 5.41) is 8.73. The van der Waals surface area contributed by atoms with Crippen LogP contribution in [0.4, 0.5) is 5.13 Å². The Kier molecular flexibility index (Phi) is 5.31. The highest BCUT2D eigenvalue weighted by molar-refractivity contribution is 7.13. The maximum Gasteiger partial charge on any atom is 0.226 e. The van der Waals surface area contributed by atoms with Crippen molar-refractivity contribution in [1.29, 1.82) is 0 Å². The monoisotopic (exact) mass is 293 g/mol. The van der Waals surface area contributed by atoms with Gasteiger partial charge in [0.15, 0.2) is 5.13 Å². The van der Waals surface area contributed by atoms with Gasteiger partial charge in [-0.2, -0.15) is 0 Å². The second-order valence-electron chi connectivity index (χ2n) is 4.48. The summed E-state index contributed by atoms with van der Waals surface area (Å²) in [7, 11) is 0. The van der Waals surface area contributed by atoms with E-state index in [2.05, 4.69) is 29.5 Å². The molecule has 6 heteroatoms. The molecule has 2 aromatic heterocycles. The van der Waals surface area contributed by atoms with E-state index >= 15 is 0 Å². The summed E-state index contributed by atoms with van der Waals surface area (Å²) >= 11 is 1.45. The number of thiazole rings is 1. The summed E-state index contributed by atoms with van der Waals surface area (Å²) in [6.07, 6.45) is 2.61. The number of anilines is 1. The van der Waals surface area contributed by atoms with E-state index < -0.39 is 0 Å². The summed E-state index contributed by atoms with van der Waals surface area (Å²) in [4.78, 5) is 16.2. The van der Waals surface area contributed by atoms with E-state index in [1.54, 1.807) is 6.26 Å². The Hall–Kier alpha value is -1.66. The van der Waals surface area contributed by atoms with Crippen LogP contribution in [-0.4, -0.2) is 17.4 Å². The molecule has 1 atom stereocenters. The van der Waals surface area contributed by atoms with Crippen LogP contribution in [-0.2, 0) is 11.2 Å². The number of aromatic nitrogens is 1. The average Bonchev–Trinajstić information content (AvgIpc) is 3.07.